The second-order valence-corrected chi connectivity index (χ2v) is 6.10. The number of hydrogen-bond donors (Lipinski definition) is 3. The average molecular weight is 368 g/mol. The predicted octanol–water partition coefficient (Wildman–Crippen LogP) is 2.44. The Kier molecular flexibility index (Phi) is 5.03. The van der Waals surface area contributed by atoms with Crippen molar-refractivity contribution in [1.29, 1.82) is 0 Å². The number of hydrogen-bond acceptors (Lipinski definition) is 6. The summed E-state index contributed by atoms with van der Waals surface area (Å²) in [5, 5.41) is 3.18. The molecule has 0 unspecified atom stereocenters. The van der Waals surface area contributed by atoms with Crippen LogP contribution in [-0.2, 0) is 4.79 Å². The van der Waals surface area contributed by atoms with Gasteiger partial charge < -0.3 is 16.8 Å². The van der Waals surface area contributed by atoms with Gasteiger partial charge in [-0.05, 0) is 24.6 Å². The predicted molar refractivity (Wildman–Crippen MR) is 89.1 cm³/mol. The van der Waals surface area contributed by atoms with Gasteiger partial charge in [-0.15, -0.1) is 0 Å². The van der Waals surface area contributed by atoms with Crippen molar-refractivity contribution < 1.29 is 4.79 Å². The van der Waals surface area contributed by atoms with Crippen LogP contribution in [0.5, 0.6) is 0 Å². The van der Waals surface area contributed by atoms with Crippen LogP contribution in [0.2, 0.25) is 0 Å². The van der Waals surface area contributed by atoms with Gasteiger partial charge in [0.25, 0.3) is 0 Å². The number of benzene rings is 1. The lowest BCUT2D eigenvalue weighted by Crippen LogP contribution is -2.14. The third-order valence-electron chi connectivity index (χ3n) is 2.53. The number of halogens is 1. The molecule has 2 rings (SSSR count). The van der Waals surface area contributed by atoms with Crippen molar-refractivity contribution in [2.24, 2.45) is 0 Å². The summed E-state index contributed by atoms with van der Waals surface area (Å²) in [5.74, 6) is 0.593. The van der Waals surface area contributed by atoms with E-state index in [9.17, 15) is 4.79 Å². The van der Waals surface area contributed by atoms with Gasteiger partial charge in [0.2, 0.25) is 5.91 Å². The molecular formula is C13H14BrN5OS. The van der Waals surface area contributed by atoms with Crippen molar-refractivity contribution in [3.05, 3.63) is 34.3 Å². The van der Waals surface area contributed by atoms with Gasteiger partial charge in [-0.3, -0.25) is 4.79 Å². The second kappa shape index (κ2) is 6.77. The highest BCUT2D eigenvalue weighted by Gasteiger charge is 2.07. The van der Waals surface area contributed by atoms with E-state index < -0.39 is 0 Å². The van der Waals surface area contributed by atoms with E-state index in [-0.39, 0.29) is 23.3 Å². The fourth-order valence-electron chi connectivity index (χ4n) is 1.52. The first-order chi connectivity index (χ1) is 9.94. The number of nitrogens with one attached hydrogen (secondary N) is 1. The Labute approximate surface area is 134 Å². The number of rotatable bonds is 4. The summed E-state index contributed by atoms with van der Waals surface area (Å²) >= 11 is 4.60. The first-order valence-corrected chi connectivity index (χ1v) is 7.81. The van der Waals surface area contributed by atoms with E-state index in [0.29, 0.717) is 5.16 Å². The molecular weight excluding hydrogens is 354 g/mol. The Morgan fingerprint density at radius 1 is 1.29 bits per heavy atom. The fourth-order valence-corrected chi connectivity index (χ4v) is 2.58. The largest absolute Gasteiger partial charge is 0.383 e. The molecule has 1 aromatic heterocycles. The zero-order valence-corrected chi connectivity index (χ0v) is 13.7. The molecule has 2 aromatic rings. The van der Waals surface area contributed by atoms with Gasteiger partial charge in [0.15, 0.2) is 5.16 Å². The first-order valence-electron chi connectivity index (χ1n) is 6.03. The zero-order chi connectivity index (χ0) is 15.4. The van der Waals surface area contributed by atoms with Crippen LogP contribution in [0.1, 0.15) is 5.56 Å². The maximum atomic E-state index is 11.9. The van der Waals surface area contributed by atoms with Crippen LogP contribution in [0.15, 0.2) is 33.9 Å². The number of aromatic nitrogens is 2. The van der Waals surface area contributed by atoms with Gasteiger partial charge in [0.05, 0.1) is 5.75 Å². The van der Waals surface area contributed by atoms with Crippen molar-refractivity contribution in [2.75, 3.05) is 22.5 Å². The Balaban J connectivity index is 1.94. The molecule has 0 saturated carbocycles. The summed E-state index contributed by atoms with van der Waals surface area (Å²) in [5.41, 5.74) is 13.0. The van der Waals surface area contributed by atoms with Crippen molar-refractivity contribution in [1.82, 2.24) is 9.97 Å². The summed E-state index contributed by atoms with van der Waals surface area (Å²) < 4.78 is 0.944. The van der Waals surface area contributed by atoms with Crippen molar-refractivity contribution >= 4 is 50.9 Å². The summed E-state index contributed by atoms with van der Waals surface area (Å²) in [6, 6.07) is 7.09. The Morgan fingerprint density at radius 3 is 2.57 bits per heavy atom. The Bertz CT molecular complexity index is 659. The number of nitrogens with zero attached hydrogens (tertiary/aromatic N) is 2. The maximum absolute atomic E-state index is 11.9. The van der Waals surface area contributed by atoms with Crippen LogP contribution in [0.25, 0.3) is 0 Å². The number of amides is 1. The zero-order valence-electron chi connectivity index (χ0n) is 11.3. The normalized spacial score (nSPS) is 10.4. The number of nitrogen functional groups attached to an aromatic ring is 2. The highest BCUT2D eigenvalue weighted by molar-refractivity contribution is 9.10. The minimum atomic E-state index is -0.152. The molecule has 1 aromatic carbocycles. The van der Waals surface area contributed by atoms with Crippen LogP contribution in [0.3, 0.4) is 0 Å². The Hall–Kier alpha value is -1.80. The molecule has 8 heteroatoms. The van der Waals surface area contributed by atoms with Crippen LogP contribution in [0.4, 0.5) is 17.3 Å². The summed E-state index contributed by atoms with van der Waals surface area (Å²) in [7, 11) is 0. The lowest BCUT2D eigenvalue weighted by molar-refractivity contribution is -0.113. The van der Waals surface area contributed by atoms with Crippen molar-refractivity contribution in [3.8, 4) is 0 Å². The topological polar surface area (TPSA) is 107 Å². The van der Waals surface area contributed by atoms with E-state index in [0.717, 1.165) is 15.7 Å². The molecule has 0 radical (unpaired) electrons. The minimum Gasteiger partial charge on any atom is -0.383 e. The molecule has 1 amide bonds. The highest BCUT2D eigenvalue weighted by Crippen LogP contribution is 2.21. The van der Waals surface area contributed by atoms with Crippen LogP contribution in [0, 0.1) is 6.92 Å². The molecule has 0 aliphatic heterocycles. The van der Waals surface area contributed by atoms with E-state index in [1.165, 1.54) is 17.8 Å². The van der Waals surface area contributed by atoms with Gasteiger partial charge in [-0.25, -0.2) is 9.97 Å². The lowest BCUT2D eigenvalue weighted by atomic mass is 10.2. The first kappa shape index (κ1) is 15.6. The summed E-state index contributed by atoms with van der Waals surface area (Å²) in [6.45, 7) is 1.98. The SMILES string of the molecule is Cc1ccc(NC(=O)CSc2nc(N)cc(N)n2)cc1Br. The molecule has 1 heterocycles. The van der Waals surface area contributed by atoms with E-state index in [2.05, 4.69) is 31.2 Å². The molecule has 0 aliphatic rings. The fraction of sp³-hybridized carbons (Fsp3) is 0.154. The minimum absolute atomic E-state index is 0.152. The van der Waals surface area contributed by atoms with Crippen molar-refractivity contribution in [3.63, 3.8) is 0 Å². The standard InChI is InChI=1S/C13H14BrN5OS/c1-7-2-3-8(4-9(7)14)17-12(20)6-21-13-18-10(15)5-11(16)19-13/h2-5H,6H2,1H3,(H,17,20)(H4,15,16,18,19). The molecule has 110 valence electrons. The summed E-state index contributed by atoms with van der Waals surface area (Å²) in [6.07, 6.45) is 0. The maximum Gasteiger partial charge on any atom is 0.234 e. The van der Waals surface area contributed by atoms with Gasteiger partial charge in [-0.1, -0.05) is 33.8 Å². The number of anilines is 3. The van der Waals surface area contributed by atoms with Gasteiger partial charge in [0.1, 0.15) is 11.6 Å². The number of nitrogens with two attached hydrogens (primary N) is 2. The lowest BCUT2D eigenvalue weighted by Gasteiger charge is -2.07. The van der Waals surface area contributed by atoms with Gasteiger partial charge in [-0.2, -0.15) is 0 Å². The average Bonchev–Trinajstić information content (AvgIpc) is 2.40. The Morgan fingerprint density at radius 2 is 1.95 bits per heavy atom. The number of carbonyl (C=O) groups excluding carboxylic acids is 1. The third-order valence-corrected chi connectivity index (χ3v) is 4.23. The van der Waals surface area contributed by atoms with E-state index in [1.54, 1.807) is 0 Å². The smallest absolute Gasteiger partial charge is 0.234 e. The number of aryl methyl sites for hydroxylation is 1. The number of carbonyl (C=O) groups is 1. The van der Waals surface area contributed by atoms with E-state index in [1.807, 2.05) is 25.1 Å². The van der Waals surface area contributed by atoms with Gasteiger partial charge in [0, 0.05) is 16.2 Å². The molecule has 6 nitrogen and oxygen atoms in total. The molecule has 0 fully saturated rings. The molecule has 0 saturated heterocycles. The van der Waals surface area contributed by atoms with E-state index in [4.69, 9.17) is 11.5 Å². The van der Waals surface area contributed by atoms with Crippen molar-refractivity contribution in [2.45, 2.75) is 12.1 Å². The number of thioether (sulfide) groups is 1. The molecule has 0 bridgehead atoms. The van der Waals surface area contributed by atoms with Gasteiger partial charge >= 0.3 is 0 Å². The molecule has 21 heavy (non-hydrogen) atoms. The monoisotopic (exact) mass is 367 g/mol. The van der Waals surface area contributed by atoms with Crippen LogP contribution >= 0.6 is 27.7 Å². The summed E-state index contributed by atoms with van der Waals surface area (Å²) in [4.78, 5) is 19.9. The highest BCUT2D eigenvalue weighted by atomic mass is 79.9. The molecule has 0 atom stereocenters. The second-order valence-electron chi connectivity index (χ2n) is 4.30. The molecule has 5 N–H and O–H groups in total. The van der Waals surface area contributed by atoms with E-state index >= 15 is 0 Å². The third kappa shape index (κ3) is 4.61. The molecule has 0 spiro atoms. The quantitative estimate of drug-likeness (QED) is 0.565. The van der Waals surface area contributed by atoms with Crippen LogP contribution in [-0.4, -0.2) is 21.6 Å². The molecule has 0 aliphatic carbocycles. The van der Waals surface area contributed by atoms with Crippen LogP contribution < -0.4 is 16.8 Å².